The van der Waals surface area contributed by atoms with Gasteiger partial charge in [0, 0.05) is 25.8 Å². The Hall–Kier alpha value is -1.66. The maximum atomic E-state index is 12.3. The Kier molecular flexibility index (Phi) is 7.29. The second kappa shape index (κ2) is 9.47. The van der Waals surface area contributed by atoms with Crippen LogP contribution in [0.1, 0.15) is 36.0 Å². The average Bonchev–Trinajstić information content (AvgIpc) is 2.85. The van der Waals surface area contributed by atoms with Gasteiger partial charge in [-0.05, 0) is 49.3 Å². The Balaban J connectivity index is 1.85. The number of ether oxygens (including phenoxy) is 2. The van der Waals surface area contributed by atoms with Crippen LogP contribution >= 0.6 is 12.2 Å². The van der Waals surface area contributed by atoms with Gasteiger partial charge in [0.15, 0.2) is 5.11 Å². The molecule has 0 aromatic heterocycles. The minimum atomic E-state index is -0.178. The Morgan fingerprint density at radius 2 is 1.78 bits per heavy atom. The van der Waals surface area contributed by atoms with Crippen LogP contribution in [0.3, 0.4) is 0 Å². The lowest BCUT2D eigenvalue weighted by molar-refractivity contribution is 0.0973. The molecular weight excluding hydrogens is 312 g/mol. The summed E-state index contributed by atoms with van der Waals surface area (Å²) in [7, 11) is 1.63. The molecule has 23 heavy (non-hydrogen) atoms. The van der Waals surface area contributed by atoms with Crippen molar-refractivity contribution in [2.45, 2.75) is 25.7 Å². The number of thiocarbonyl (C=S) groups is 1. The molecule has 1 saturated heterocycles. The zero-order chi connectivity index (χ0) is 16.5. The van der Waals surface area contributed by atoms with E-state index in [-0.39, 0.29) is 5.91 Å². The van der Waals surface area contributed by atoms with Crippen LogP contribution in [-0.4, -0.2) is 49.3 Å². The lowest BCUT2D eigenvalue weighted by atomic mass is 10.2. The zero-order valence-corrected chi connectivity index (χ0v) is 14.4. The Labute approximate surface area is 142 Å². The SMILES string of the molecule is COCCOc1ccc(C(=O)NC(=S)N2CCCCCC2)cc1. The number of carbonyl (C=O) groups excluding carboxylic acids is 1. The van der Waals surface area contributed by atoms with Crippen LogP contribution in [0.15, 0.2) is 24.3 Å². The number of hydrogen-bond donors (Lipinski definition) is 1. The van der Waals surface area contributed by atoms with Crippen LogP contribution in [0.2, 0.25) is 0 Å². The first-order valence-electron chi connectivity index (χ1n) is 8.03. The second-order valence-corrected chi connectivity index (χ2v) is 5.91. The fourth-order valence-corrected chi connectivity index (χ4v) is 2.74. The third-order valence-electron chi connectivity index (χ3n) is 3.79. The van der Waals surface area contributed by atoms with Gasteiger partial charge in [0.25, 0.3) is 5.91 Å². The van der Waals surface area contributed by atoms with Gasteiger partial charge >= 0.3 is 0 Å². The maximum absolute atomic E-state index is 12.3. The van der Waals surface area contributed by atoms with Crippen molar-refractivity contribution in [2.24, 2.45) is 0 Å². The fourth-order valence-electron chi connectivity index (χ4n) is 2.47. The van der Waals surface area contributed by atoms with E-state index in [1.807, 2.05) is 0 Å². The summed E-state index contributed by atoms with van der Waals surface area (Å²) in [6.07, 6.45) is 4.72. The first-order valence-corrected chi connectivity index (χ1v) is 8.43. The molecule has 1 aliphatic rings. The smallest absolute Gasteiger partial charge is 0.257 e. The van der Waals surface area contributed by atoms with Crippen LogP contribution in [0, 0.1) is 0 Å². The minimum absolute atomic E-state index is 0.178. The summed E-state index contributed by atoms with van der Waals surface area (Å²) in [6, 6.07) is 7.03. The lowest BCUT2D eigenvalue weighted by Crippen LogP contribution is -2.43. The van der Waals surface area contributed by atoms with E-state index in [2.05, 4.69) is 10.2 Å². The molecule has 1 heterocycles. The van der Waals surface area contributed by atoms with E-state index >= 15 is 0 Å². The van der Waals surface area contributed by atoms with Gasteiger partial charge in [0.1, 0.15) is 12.4 Å². The molecule has 0 radical (unpaired) electrons. The summed E-state index contributed by atoms with van der Waals surface area (Å²) in [5.41, 5.74) is 0.571. The quantitative estimate of drug-likeness (QED) is 0.662. The normalized spacial score (nSPS) is 14.9. The molecular formula is C17H24N2O3S. The molecule has 1 aromatic carbocycles. The van der Waals surface area contributed by atoms with Gasteiger partial charge in [0.05, 0.1) is 6.61 Å². The highest BCUT2D eigenvalue weighted by atomic mass is 32.1. The molecule has 0 bridgehead atoms. The Morgan fingerprint density at radius 3 is 2.39 bits per heavy atom. The number of hydrogen-bond acceptors (Lipinski definition) is 4. The van der Waals surface area contributed by atoms with Crippen molar-refractivity contribution in [3.63, 3.8) is 0 Å². The topological polar surface area (TPSA) is 50.8 Å². The zero-order valence-electron chi connectivity index (χ0n) is 13.5. The van der Waals surface area contributed by atoms with E-state index in [0.717, 1.165) is 25.9 Å². The number of benzene rings is 1. The summed E-state index contributed by atoms with van der Waals surface area (Å²) in [4.78, 5) is 14.4. The van der Waals surface area contributed by atoms with E-state index < -0.39 is 0 Å². The van der Waals surface area contributed by atoms with Crippen LogP contribution < -0.4 is 10.1 Å². The van der Waals surface area contributed by atoms with Crippen molar-refractivity contribution in [2.75, 3.05) is 33.4 Å². The summed E-state index contributed by atoms with van der Waals surface area (Å²) < 4.78 is 10.4. The van der Waals surface area contributed by atoms with Gasteiger partial charge in [0.2, 0.25) is 0 Å². The predicted octanol–water partition coefficient (Wildman–Crippen LogP) is 2.60. The highest BCUT2D eigenvalue weighted by Crippen LogP contribution is 2.13. The van der Waals surface area contributed by atoms with Gasteiger partial charge in [-0.3, -0.25) is 10.1 Å². The van der Waals surface area contributed by atoms with Crippen molar-refractivity contribution in [3.05, 3.63) is 29.8 Å². The van der Waals surface area contributed by atoms with Crippen molar-refractivity contribution in [3.8, 4) is 5.75 Å². The molecule has 2 rings (SSSR count). The molecule has 0 aliphatic carbocycles. The van der Waals surface area contributed by atoms with Crippen LogP contribution in [-0.2, 0) is 4.74 Å². The fraction of sp³-hybridized carbons (Fsp3) is 0.529. The summed E-state index contributed by atoms with van der Waals surface area (Å²) in [5, 5.41) is 3.35. The lowest BCUT2D eigenvalue weighted by Gasteiger charge is -2.23. The second-order valence-electron chi connectivity index (χ2n) is 5.53. The Morgan fingerprint density at radius 1 is 1.13 bits per heavy atom. The first kappa shape index (κ1) is 17.7. The molecule has 1 N–H and O–H groups in total. The molecule has 0 spiro atoms. The van der Waals surface area contributed by atoms with E-state index in [1.54, 1.807) is 31.4 Å². The Bertz CT molecular complexity index is 511. The predicted molar refractivity (Wildman–Crippen MR) is 93.9 cm³/mol. The summed E-state index contributed by atoms with van der Waals surface area (Å²) in [5.74, 6) is 0.538. The molecule has 0 saturated carbocycles. The average molecular weight is 336 g/mol. The highest BCUT2D eigenvalue weighted by molar-refractivity contribution is 7.80. The molecule has 0 atom stereocenters. The molecule has 1 aliphatic heterocycles. The molecule has 6 heteroatoms. The summed E-state index contributed by atoms with van der Waals surface area (Å²) in [6.45, 7) is 2.87. The number of nitrogens with zero attached hydrogens (tertiary/aromatic N) is 1. The van der Waals surface area contributed by atoms with Crippen molar-refractivity contribution in [1.82, 2.24) is 10.2 Å². The standard InChI is InChI=1S/C17H24N2O3S/c1-21-12-13-22-15-8-6-14(7-9-15)16(20)18-17(23)19-10-4-2-3-5-11-19/h6-9H,2-5,10-13H2,1H3,(H,18,20,23). The van der Waals surface area contributed by atoms with Gasteiger partial charge in [-0.1, -0.05) is 12.8 Å². The van der Waals surface area contributed by atoms with Crippen molar-refractivity contribution < 1.29 is 14.3 Å². The van der Waals surface area contributed by atoms with Gasteiger partial charge < -0.3 is 14.4 Å². The molecule has 1 fully saturated rings. The van der Waals surface area contributed by atoms with E-state index in [1.165, 1.54) is 12.8 Å². The molecule has 1 amide bonds. The number of likely N-dealkylation sites (tertiary alicyclic amines) is 1. The van der Waals surface area contributed by atoms with Crippen molar-refractivity contribution in [1.29, 1.82) is 0 Å². The van der Waals surface area contributed by atoms with E-state index in [0.29, 0.717) is 29.6 Å². The van der Waals surface area contributed by atoms with Gasteiger partial charge in [-0.15, -0.1) is 0 Å². The van der Waals surface area contributed by atoms with E-state index in [4.69, 9.17) is 21.7 Å². The monoisotopic (exact) mass is 336 g/mol. The summed E-state index contributed by atoms with van der Waals surface area (Å²) >= 11 is 5.36. The largest absolute Gasteiger partial charge is 0.491 e. The maximum Gasteiger partial charge on any atom is 0.257 e. The third kappa shape index (κ3) is 5.80. The molecule has 0 unspecified atom stereocenters. The number of methoxy groups -OCH3 is 1. The van der Waals surface area contributed by atoms with Crippen LogP contribution in [0.5, 0.6) is 5.75 Å². The molecule has 1 aromatic rings. The molecule has 5 nitrogen and oxygen atoms in total. The third-order valence-corrected chi connectivity index (χ3v) is 4.15. The van der Waals surface area contributed by atoms with E-state index in [9.17, 15) is 4.79 Å². The first-order chi connectivity index (χ1) is 11.2. The van der Waals surface area contributed by atoms with Crippen LogP contribution in [0.25, 0.3) is 0 Å². The highest BCUT2D eigenvalue weighted by Gasteiger charge is 2.15. The van der Waals surface area contributed by atoms with Crippen LogP contribution in [0.4, 0.5) is 0 Å². The minimum Gasteiger partial charge on any atom is -0.491 e. The van der Waals surface area contributed by atoms with Crippen molar-refractivity contribution >= 4 is 23.2 Å². The molecule has 126 valence electrons. The van der Waals surface area contributed by atoms with Gasteiger partial charge in [-0.2, -0.15) is 0 Å². The van der Waals surface area contributed by atoms with Gasteiger partial charge in [-0.25, -0.2) is 0 Å². The number of nitrogens with one attached hydrogen (secondary N) is 1. The number of rotatable bonds is 5. The number of amides is 1. The number of carbonyl (C=O) groups is 1.